The fraction of sp³-hybridized carbons (Fsp3) is 0.150. The minimum atomic E-state index is -2.63. The molecule has 6 nitrogen and oxygen atoms in total. The third-order valence-corrected chi connectivity index (χ3v) is 4.51. The van der Waals surface area contributed by atoms with Gasteiger partial charge in [0.2, 0.25) is 5.89 Å². The average molecular weight is 418 g/mol. The van der Waals surface area contributed by atoms with E-state index in [2.05, 4.69) is 10.3 Å². The number of hydrogen-bond acceptors (Lipinski definition) is 6. The van der Waals surface area contributed by atoms with Crippen molar-refractivity contribution in [2.24, 2.45) is 0 Å². The molecule has 1 heterocycles. The number of rotatable bonds is 7. The molecule has 0 spiro atoms. The van der Waals surface area contributed by atoms with Gasteiger partial charge in [-0.3, -0.25) is 4.79 Å². The van der Waals surface area contributed by atoms with Crippen LogP contribution in [0, 0.1) is 6.92 Å². The number of hydrogen-bond donors (Lipinski definition) is 1. The molecule has 3 rings (SSSR count). The van der Waals surface area contributed by atoms with Crippen LogP contribution in [0.5, 0.6) is 0 Å². The highest BCUT2D eigenvalue weighted by Crippen LogP contribution is 2.31. The van der Waals surface area contributed by atoms with Crippen molar-refractivity contribution in [1.82, 2.24) is 4.98 Å². The van der Waals surface area contributed by atoms with Gasteiger partial charge >= 0.3 is 5.97 Å². The summed E-state index contributed by atoms with van der Waals surface area (Å²) in [7, 11) is 0. The number of nitrogens with zero attached hydrogens (tertiary/aromatic N) is 1. The quantitative estimate of drug-likeness (QED) is 0.440. The van der Waals surface area contributed by atoms with Gasteiger partial charge < -0.3 is 14.5 Å². The largest absolute Gasteiger partial charge is 0.451 e. The van der Waals surface area contributed by atoms with Crippen LogP contribution in [0.3, 0.4) is 0 Å². The molecule has 0 fully saturated rings. The van der Waals surface area contributed by atoms with Gasteiger partial charge in [-0.1, -0.05) is 42.1 Å². The van der Waals surface area contributed by atoms with Crippen LogP contribution in [0.15, 0.2) is 63.9 Å². The molecule has 150 valence electrons. The molecular weight excluding hydrogens is 402 g/mol. The zero-order chi connectivity index (χ0) is 20.8. The van der Waals surface area contributed by atoms with Crippen LogP contribution < -0.4 is 5.32 Å². The van der Waals surface area contributed by atoms with Crippen molar-refractivity contribution >= 4 is 29.3 Å². The standard InChI is InChI=1S/C20H16F2N2O4S/c1-12-17(24-18(28-12)13-7-3-2-4-8-13)19(26)27-11-16(25)23-14-9-5-6-10-15(14)29-20(21)22/h2-10,20H,11H2,1H3,(H,23,25). The number of para-hydroxylation sites is 1. The molecule has 0 aliphatic carbocycles. The third-order valence-electron chi connectivity index (χ3n) is 3.72. The lowest BCUT2D eigenvalue weighted by Gasteiger charge is -2.10. The van der Waals surface area contributed by atoms with E-state index in [0.717, 1.165) is 0 Å². The molecule has 0 saturated carbocycles. The Labute approximate surface area is 169 Å². The molecule has 0 radical (unpaired) electrons. The fourth-order valence-corrected chi connectivity index (χ4v) is 3.04. The highest BCUT2D eigenvalue weighted by atomic mass is 32.2. The molecular formula is C20H16F2N2O4S. The van der Waals surface area contributed by atoms with Crippen molar-refractivity contribution in [2.75, 3.05) is 11.9 Å². The Hall–Kier alpha value is -3.20. The maximum absolute atomic E-state index is 12.6. The highest BCUT2D eigenvalue weighted by molar-refractivity contribution is 7.99. The molecule has 0 unspecified atom stereocenters. The number of aromatic nitrogens is 1. The predicted octanol–water partition coefficient (Wildman–Crippen LogP) is 4.76. The summed E-state index contributed by atoms with van der Waals surface area (Å²) >= 11 is 0.313. The molecule has 0 aliphatic heterocycles. The zero-order valence-corrected chi connectivity index (χ0v) is 16.0. The smallest absolute Gasteiger partial charge is 0.361 e. The first-order chi connectivity index (χ1) is 13.9. The van der Waals surface area contributed by atoms with Crippen LogP contribution in [0.4, 0.5) is 14.5 Å². The van der Waals surface area contributed by atoms with Gasteiger partial charge in [-0.2, -0.15) is 8.78 Å². The SMILES string of the molecule is Cc1oc(-c2ccccc2)nc1C(=O)OCC(=O)Nc1ccccc1SC(F)F. The van der Waals surface area contributed by atoms with E-state index >= 15 is 0 Å². The van der Waals surface area contributed by atoms with Gasteiger partial charge in [-0.25, -0.2) is 9.78 Å². The second kappa shape index (κ2) is 9.33. The minimum absolute atomic E-state index is 0.0368. The Kier molecular flexibility index (Phi) is 6.61. The van der Waals surface area contributed by atoms with E-state index in [1.54, 1.807) is 43.3 Å². The number of aryl methyl sites for hydroxylation is 1. The van der Waals surface area contributed by atoms with E-state index in [1.165, 1.54) is 12.1 Å². The van der Waals surface area contributed by atoms with Crippen molar-refractivity contribution < 1.29 is 27.5 Å². The van der Waals surface area contributed by atoms with Crippen LogP contribution in [-0.2, 0) is 9.53 Å². The van der Waals surface area contributed by atoms with E-state index in [0.29, 0.717) is 17.3 Å². The Balaban J connectivity index is 1.61. The molecule has 0 aliphatic rings. The van der Waals surface area contributed by atoms with Crippen LogP contribution >= 0.6 is 11.8 Å². The van der Waals surface area contributed by atoms with Gasteiger partial charge in [0.15, 0.2) is 12.3 Å². The van der Waals surface area contributed by atoms with Crippen LogP contribution in [-0.4, -0.2) is 29.2 Å². The summed E-state index contributed by atoms with van der Waals surface area (Å²) < 4.78 is 35.7. The summed E-state index contributed by atoms with van der Waals surface area (Å²) in [6, 6.07) is 15.1. The topological polar surface area (TPSA) is 81.4 Å². The van der Waals surface area contributed by atoms with Gasteiger partial charge in [0.05, 0.1) is 5.69 Å². The number of amides is 1. The number of ether oxygens (including phenoxy) is 1. The molecule has 1 aromatic heterocycles. The second-order valence-corrected chi connectivity index (χ2v) is 6.82. The Morgan fingerprint density at radius 2 is 1.83 bits per heavy atom. The number of carbonyl (C=O) groups excluding carboxylic acids is 2. The lowest BCUT2D eigenvalue weighted by atomic mass is 10.2. The van der Waals surface area contributed by atoms with Crippen molar-refractivity contribution in [3.05, 3.63) is 66.1 Å². The number of anilines is 1. The number of oxazole rings is 1. The first-order valence-corrected chi connectivity index (χ1v) is 9.35. The average Bonchev–Trinajstić information content (AvgIpc) is 3.10. The molecule has 0 bridgehead atoms. The summed E-state index contributed by atoms with van der Waals surface area (Å²) in [5.74, 6) is -3.59. The molecule has 2 aromatic carbocycles. The van der Waals surface area contributed by atoms with Crippen molar-refractivity contribution in [1.29, 1.82) is 0 Å². The van der Waals surface area contributed by atoms with Crippen LogP contribution in [0.1, 0.15) is 16.2 Å². The van der Waals surface area contributed by atoms with E-state index in [-0.39, 0.29) is 27.9 Å². The van der Waals surface area contributed by atoms with Gasteiger partial charge in [0, 0.05) is 10.5 Å². The number of halogens is 2. The van der Waals surface area contributed by atoms with Gasteiger partial charge in [-0.05, 0) is 31.2 Å². The lowest BCUT2D eigenvalue weighted by molar-refractivity contribution is -0.119. The normalized spacial score (nSPS) is 10.8. The highest BCUT2D eigenvalue weighted by Gasteiger charge is 2.21. The summed E-state index contributed by atoms with van der Waals surface area (Å²) in [6.07, 6.45) is 0. The summed E-state index contributed by atoms with van der Waals surface area (Å²) in [5, 5.41) is 2.45. The Bertz CT molecular complexity index is 1010. The Morgan fingerprint density at radius 1 is 1.14 bits per heavy atom. The monoisotopic (exact) mass is 418 g/mol. The molecule has 3 aromatic rings. The zero-order valence-electron chi connectivity index (χ0n) is 15.2. The van der Waals surface area contributed by atoms with E-state index < -0.39 is 24.2 Å². The van der Waals surface area contributed by atoms with Gasteiger partial charge in [0.25, 0.3) is 11.7 Å². The van der Waals surface area contributed by atoms with Gasteiger partial charge in [0.1, 0.15) is 5.76 Å². The van der Waals surface area contributed by atoms with Gasteiger partial charge in [-0.15, -0.1) is 0 Å². The number of thioether (sulfide) groups is 1. The number of alkyl halides is 2. The van der Waals surface area contributed by atoms with Crippen LogP contribution in [0.2, 0.25) is 0 Å². The first kappa shape index (κ1) is 20.5. The van der Waals surface area contributed by atoms with E-state index in [4.69, 9.17) is 9.15 Å². The summed E-state index contributed by atoms with van der Waals surface area (Å²) in [4.78, 5) is 28.7. The minimum Gasteiger partial charge on any atom is -0.451 e. The predicted molar refractivity (Wildman–Crippen MR) is 104 cm³/mol. The number of benzene rings is 2. The van der Waals surface area contributed by atoms with Crippen molar-refractivity contribution in [3.63, 3.8) is 0 Å². The van der Waals surface area contributed by atoms with Crippen molar-refractivity contribution in [3.8, 4) is 11.5 Å². The third kappa shape index (κ3) is 5.41. The maximum atomic E-state index is 12.6. The molecule has 9 heteroatoms. The summed E-state index contributed by atoms with van der Waals surface area (Å²) in [6.45, 7) is 0.966. The van der Waals surface area contributed by atoms with E-state index in [9.17, 15) is 18.4 Å². The molecule has 1 N–H and O–H groups in total. The number of nitrogens with one attached hydrogen (secondary N) is 1. The molecule has 1 amide bonds. The number of carbonyl (C=O) groups is 2. The van der Waals surface area contributed by atoms with E-state index in [1.807, 2.05) is 6.07 Å². The first-order valence-electron chi connectivity index (χ1n) is 8.47. The lowest BCUT2D eigenvalue weighted by Crippen LogP contribution is -2.21. The summed E-state index contributed by atoms with van der Waals surface area (Å²) in [5.41, 5.74) is 0.869. The molecule has 0 atom stereocenters. The van der Waals surface area contributed by atoms with Crippen molar-refractivity contribution in [2.45, 2.75) is 17.6 Å². The second-order valence-electron chi connectivity index (χ2n) is 5.79. The number of esters is 1. The maximum Gasteiger partial charge on any atom is 0.361 e. The molecule has 0 saturated heterocycles. The Morgan fingerprint density at radius 3 is 2.55 bits per heavy atom. The molecule has 29 heavy (non-hydrogen) atoms. The fourth-order valence-electron chi connectivity index (χ4n) is 2.44. The van der Waals surface area contributed by atoms with Crippen LogP contribution in [0.25, 0.3) is 11.5 Å².